The maximum Gasteiger partial charge on any atom is 0.0389 e. The van der Waals surface area contributed by atoms with Crippen LogP contribution in [0.25, 0.3) is 0 Å². The van der Waals surface area contributed by atoms with Gasteiger partial charge in [0.15, 0.2) is 0 Å². The van der Waals surface area contributed by atoms with Crippen LogP contribution in [0.4, 0.5) is 0 Å². The number of aryl methyl sites for hydroxylation is 4. The second kappa shape index (κ2) is 43.4. The fourth-order valence-electron chi connectivity index (χ4n) is 10.0. The van der Waals surface area contributed by atoms with Gasteiger partial charge in [-0.3, -0.25) is 20.0 Å². The van der Waals surface area contributed by atoms with Gasteiger partial charge in [-0.1, -0.05) is 220 Å². The molecule has 0 aliphatic rings. The molecule has 4 heteroatoms. The predicted octanol–water partition coefficient (Wildman–Crippen LogP) is 19.8. The Labute approximate surface area is 497 Å². The van der Waals surface area contributed by atoms with Gasteiger partial charge in [0.1, 0.15) is 0 Å². The summed E-state index contributed by atoms with van der Waals surface area (Å²) in [4.78, 5) is 19.4. The van der Waals surface area contributed by atoms with E-state index >= 15 is 0 Å². The van der Waals surface area contributed by atoms with Crippen molar-refractivity contribution >= 4 is 24.9 Å². The van der Waals surface area contributed by atoms with Gasteiger partial charge in [-0.25, -0.2) is 0 Å². The lowest BCUT2D eigenvalue weighted by Gasteiger charge is -2.18. The van der Waals surface area contributed by atoms with Crippen LogP contribution in [0, 0.1) is 0 Å². The van der Waals surface area contributed by atoms with Crippen LogP contribution in [0.2, 0.25) is 0 Å². The first-order valence-electron chi connectivity index (χ1n) is 31.1. The van der Waals surface area contributed by atoms with E-state index in [2.05, 4.69) is 246 Å². The molecule has 5 aromatic carbocycles. The van der Waals surface area contributed by atoms with Crippen molar-refractivity contribution in [2.75, 3.05) is 26.2 Å². The highest BCUT2D eigenvalue weighted by molar-refractivity contribution is 5.80. The molecule has 0 N–H and O–H groups in total. The predicted molar refractivity (Wildman–Crippen MR) is 362 cm³/mol. The average molecular weight is 1090 g/mol. The van der Waals surface area contributed by atoms with Crippen LogP contribution in [-0.2, 0) is 51.4 Å². The highest BCUT2D eigenvalue weighted by Gasteiger charge is 2.12. The van der Waals surface area contributed by atoms with E-state index in [-0.39, 0.29) is 0 Å². The molecule has 0 spiro atoms. The molecule has 0 aromatic heterocycles. The van der Waals surface area contributed by atoms with Gasteiger partial charge in [0, 0.05) is 51.0 Å². The average Bonchev–Trinajstić information content (AvgIpc) is 3.66. The van der Waals surface area contributed by atoms with Crippen LogP contribution < -0.4 is 0 Å². The molecule has 0 amide bonds. The maximum atomic E-state index is 4.93. The zero-order chi connectivity index (χ0) is 57.6. The highest BCUT2D eigenvalue weighted by atomic mass is 14.7. The van der Waals surface area contributed by atoms with Crippen molar-refractivity contribution in [3.63, 3.8) is 0 Å². The normalized spacial score (nSPS) is 13.2. The molecular weight excluding hydrogens is 993 g/mol. The Morgan fingerprint density at radius 3 is 0.902 bits per heavy atom. The van der Waals surface area contributed by atoms with Gasteiger partial charge in [0.05, 0.1) is 0 Å². The van der Waals surface area contributed by atoms with E-state index in [1.807, 2.05) is 12.4 Å². The van der Waals surface area contributed by atoms with Crippen LogP contribution in [0.15, 0.2) is 249 Å². The molecule has 0 saturated carbocycles. The summed E-state index contributed by atoms with van der Waals surface area (Å²) in [5, 5.41) is 0. The standard InChI is InChI=1S/C78H98N4/c1-5-9-37-73(61-71-43-23-13-24-44-71)65-81-55-33-17-29-51-77-63-76(50-28-16-32-54-80-58-36-48-68(8-4)60-70-41-21-12-22-42-70)78(52-30-18-34-56-82-66-74(38-10-6-2)62-72-45-25-14-26-46-72)64-75(77)49-27-15-31-53-79-57-35-47-67(7-3)59-69-39-19-11-20-40-69/h5-14,19-26,35-48,57-58,63-66H,15-18,27-34,49-56,59-62H2,1-4H3/b9-5-,10-6-,47-35-,48-36-,67-7+,68-8+,73-37-,74-38-,79-57?,80-58?,81-65?,82-66?. The zero-order valence-electron chi connectivity index (χ0n) is 50.7. The van der Waals surface area contributed by atoms with Crippen molar-refractivity contribution in [3.8, 4) is 0 Å². The third-order valence-corrected chi connectivity index (χ3v) is 14.7. The minimum absolute atomic E-state index is 0.861. The number of benzene rings is 5. The molecule has 0 fully saturated rings. The number of nitrogens with zero attached hydrogens (tertiary/aromatic N) is 4. The van der Waals surface area contributed by atoms with Crippen LogP contribution in [0.1, 0.15) is 149 Å². The summed E-state index contributed by atoms with van der Waals surface area (Å²) in [5.74, 6) is 0. The summed E-state index contributed by atoms with van der Waals surface area (Å²) in [6, 6.07) is 48.1. The molecule has 5 rings (SSSR count). The van der Waals surface area contributed by atoms with Gasteiger partial charge in [-0.15, -0.1) is 0 Å². The molecule has 430 valence electrons. The van der Waals surface area contributed by atoms with Crippen molar-refractivity contribution in [3.05, 3.63) is 273 Å². The number of rotatable bonds is 40. The van der Waals surface area contributed by atoms with E-state index in [4.69, 9.17) is 20.0 Å². The number of unbranched alkanes of at least 4 members (excludes halogenated alkanes) is 8. The Morgan fingerprint density at radius 1 is 0.317 bits per heavy atom. The minimum Gasteiger partial charge on any atom is -0.293 e. The van der Waals surface area contributed by atoms with Gasteiger partial charge < -0.3 is 0 Å². The molecule has 82 heavy (non-hydrogen) atoms. The zero-order valence-corrected chi connectivity index (χ0v) is 50.7. The summed E-state index contributed by atoms with van der Waals surface area (Å²) in [6.45, 7) is 11.8. The second-order valence-corrected chi connectivity index (χ2v) is 21.4. The van der Waals surface area contributed by atoms with Gasteiger partial charge in [0.2, 0.25) is 0 Å². The van der Waals surface area contributed by atoms with Crippen molar-refractivity contribution in [2.45, 2.75) is 156 Å². The van der Waals surface area contributed by atoms with Crippen molar-refractivity contribution < 1.29 is 0 Å². The minimum atomic E-state index is 0.861. The van der Waals surface area contributed by atoms with E-state index in [0.29, 0.717) is 0 Å². The van der Waals surface area contributed by atoms with Gasteiger partial charge in [-0.05, 0) is 209 Å². The lowest BCUT2D eigenvalue weighted by Crippen LogP contribution is -2.04. The lowest BCUT2D eigenvalue weighted by atomic mass is 9.88. The number of allylic oxidation sites excluding steroid dienone is 16. The fourth-order valence-corrected chi connectivity index (χ4v) is 10.0. The summed E-state index contributed by atoms with van der Waals surface area (Å²) >= 11 is 0. The van der Waals surface area contributed by atoms with Crippen LogP contribution in [-0.4, -0.2) is 51.0 Å². The molecule has 0 aliphatic heterocycles. The Bertz CT molecular complexity index is 2670. The Kier molecular flexibility index (Phi) is 34.7. The van der Waals surface area contributed by atoms with Crippen LogP contribution in [0.3, 0.4) is 0 Å². The Hall–Kier alpha value is -7.30. The fraction of sp³-hybridized carbons (Fsp3) is 0.359. The number of aliphatic imine (C=N–C) groups is 4. The molecule has 0 unspecified atom stereocenters. The summed E-state index contributed by atoms with van der Waals surface area (Å²) in [6.07, 6.45) is 56.0. The first-order chi connectivity index (χ1) is 40.6. The van der Waals surface area contributed by atoms with Gasteiger partial charge in [0.25, 0.3) is 0 Å². The van der Waals surface area contributed by atoms with Crippen LogP contribution >= 0.6 is 0 Å². The van der Waals surface area contributed by atoms with Gasteiger partial charge in [-0.2, -0.15) is 0 Å². The van der Waals surface area contributed by atoms with Crippen molar-refractivity contribution in [1.82, 2.24) is 0 Å². The van der Waals surface area contributed by atoms with Crippen molar-refractivity contribution in [2.24, 2.45) is 20.0 Å². The highest BCUT2D eigenvalue weighted by Crippen LogP contribution is 2.26. The monoisotopic (exact) mass is 1090 g/mol. The first kappa shape index (κ1) is 65.5. The van der Waals surface area contributed by atoms with E-state index in [1.54, 1.807) is 22.3 Å². The molecule has 0 atom stereocenters. The first-order valence-corrected chi connectivity index (χ1v) is 31.1. The van der Waals surface area contributed by atoms with E-state index in [0.717, 1.165) is 103 Å². The Morgan fingerprint density at radius 2 is 0.610 bits per heavy atom. The molecular formula is C78H98N4. The molecule has 0 radical (unpaired) electrons. The third kappa shape index (κ3) is 29.4. The third-order valence-electron chi connectivity index (χ3n) is 14.7. The lowest BCUT2D eigenvalue weighted by molar-refractivity contribution is 0.657. The number of hydrogen-bond acceptors (Lipinski definition) is 4. The van der Waals surface area contributed by atoms with Crippen molar-refractivity contribution in [1.29, 1.82) is 0 Å². The quantitative estimate of drug-likeness (QED) is 0.0213. The SMILES string of the molecule is C/C=C\C=C(/C=NCCCCCc1cc(CCCCCN=C/C=C\C(=C/C)Cc2ccccc2)c(CCCCCN=C/C(=C\C=C/C)Cc2ccccc2)cc1CCCCCN=C/C=C\C(=C/C)Cc1ccccc1)Cc1ccccc1. The molecule has 0 bridgehead atoms. The molecule has 4 nitrogen and oxygen atoms in total. The maximum absolute atomic E-state index is 4.93. The number of hydrogen-bond donors (Lipinski definition) is 0. The second-order valence-electron chi connectivity index (χ2n) is 21.4. The van der Waals surface area contributed by atoms with E-state index in [9.17, 15) is 0 Å². The molecule has 0 heterocycles. The molecule has 0 aliphatic carbocycles. The largest absolute Gasteiger partial charge is 0.293 e. The topological polar surface area (TPSA) is 49.4 Å². The smallest absolute Gasteiger partial charge is 0.0389 e. The summed E-state index contributed by atoms with van der Waals surface area (Å²) in [5.41, 5.74) is 16.7. The van der Waals surface area contributed by atoms with Crippen LogP contribution in [0.5, 0.6) is 0 Å². The summed E-state index contributed by atoms with van der Waals surface area (Å²) in [7, 11) is 0. The van der Waals surface area contributed by atoms with E-state index in [1.165, 1.54) is 95.9 Å². The molecule has 0 saturated heterocycles. The Balaban J connectivity index is 1.23. The summed E-state index contributed by atoms with van der Waals surface area (Å²) < 4.78 is 0. The van der Waals surface area contributed by atoms with Gasteiger partial charge >= 0.3 is 0 Å². The molecule has 5 aromatic rings. The van der Waals surface area contributed by atoms with E-state index < -0.39 is 0 Å².